The Labute approximate surface area is 189 Å². The zero-order chi connectivity index (χ0) is 23.7. The quantitative estimate of drug-likeness (QED) is 0.493. The molecular weight excluding hydrogens is 458 g/mol. The molecule has 0 atom stereocenters. The molecule has 3 aromatic rings. The largest absolute Gasteiger partial charge is 0.507 e. The van der Waals surface area contributed by atoms with Gasteiger partial charge in [0.2, 0.25) is 0 Å². The van der Waals surface area contributed by atoms with Crippen LogP contribution in [0.25, 0.3) is 11.3 Å². The third-order valence-electron chi connectivity index (χ3n) is 5.00. The standard InChI is InChI=1S/C21H16F2N4O5S/c22-10-1-2-14(23)12(3-10)15-5-24-11(4-25-15)7-27-16-9-33-8-13(16)19(30)18(21(27)32)20(31)26-6-17(28)29/h1-5,30H,6-9H2,(H,26,31)(H,28,29). The summed E-state index contributed by atoms with van der Waals surface area (Å²) in [5.41, 5.74) is -0.0957. The van der Waals surface area contributed by atoms with Gasteiger partial charge in [0, 0.05) is 28.3 Å². The molecule has 0 fully saturated rings. The summed E-state index contributed by atoms with van der Waals surface area (Å²) in [6.45, 7) is -0.812. The number of thioether (sulfide) groups is 1. The minimum Gasteiger partial charge on any atom is -0.507 e. The number of hydrogen-bond donors (Lipinski definition) is 3. The molecule has 4 rings (SSSR count). The summed E-state index contributed by atoms with van der Waals surface area (Å²) in [7, 11) is 0. The smallest absolute Gasteiger partial charge is 0.322 e. The van der Waals surface area contributed by atoms with Crippen LogP contribution in [0.1, 0.15) is 27.3 Å². The van der Waals surface area contributed by atoms with Gasteiger partial charge in [-0.1, -0.05) is 0 Å². The van der Waals surface area contributed by atoms with E-state index in [4.69, 9.17) is 5.11 Å². The van der Waals surface area contributed by atoms with Crippen LogP contribution in [0.3, 0.4) is 0 Å². The van der Waals surface area contributed by atoms with Crippen molar-refractivity contribution in [2.24, 2.45) is 0 Å². The number of aromatic hydroxyl groups is 1. The first kappa shape index (κ1) is 22.4. The van der Waals surface area contributed by atoms with Crippen LogP contribution < -0.4 is 10.9 Å². The van der Waals surface area contributed by atoms with Crippen LogP contribution in [0.4, 0.5) is 8.78 Å². The SMILES string of the molecule is O=C(O)CNC(=O)c1c(O)c2c(n(Cc3cnc(-c4cc(F)ccc4F)cn3)c1=O)CSC2. The number of carbonyl (C=O) groups excluding carboxylic acids is 1. The molecule has 2 aromatic heterocycles. The summed E-state index contributed by atoms with van der Waals surface area (Å²) in [6.07, 6.45) is 2.55. The lowest BCUT2D eigenvalue weighted by Gasteiger charge is -2.16. The zero-order valence-electron chi connectivity index (χ0n) is 16.8. The number of nitrogens with zero attached hydrogens (tertiary/aromatic N) is 3. The van der Waals surface area contributed by atoms with E-state index in [0.29, 0.717) is 28.5 Å². The third-order valence-corrected chi connectivity index (χ3v) is 5.97. The van der Waals surface area contributed by atoms with Gasteiger partial charge in [0.15, 0.2) is 0 Å². The van der Waals surface area contributed by atoms with Crippen LogP contribution in [0.5, 0.6) is 5.75 Å². The lowest BCUT2D eigenvalue weighted by atomic mass is 10.1. The normalized spacial score (nSPS) is 12.4. The second-order valence-electron chi connectivity index (χ2n) is 7.13. The van der Waals surface area contributed by atoms with Crippen molar-refractivity contribution in [1.82, 2.24) is 19.9 Å². The van der Waals surface area contributed by atoms with Crippen molar-refractivity contribution in [2.75, 3.05) is 6.54 Å². The monoisotopic (exact) mass is 474 g/mol. The first-order valence-electron chi connectivity index (χ1n) is 9.58. The van der Waals surface area contributed by atoms with Gasteiger partial charge < -0.3 is 20.1 Å². The molecule has 0 saturated heterocycles. The molecule has 0 unspecified atom stereocenters. The van der Waals surface area contributed by atoms with Crippen molar-refractivity contribution in [3.63, 3.8) is 0 Å². The number of aliphatic carboxylic acids is 1. The fourth-order valence-electron chi connectivity index (χ4n) is 3.42. The molecule has 3 N–H and O–H groups in total. The molecule has 1 amide bonds. The fourth-order valence-corrected chi connectivity index (χ4v) is 4.56. The molecule has 1 aliphatic rings. The maximum atomic E-state index is 14.0. The van der Waals surface area contributed by atoms with Gasteiger partial charge in [-0.3, -0.25) is 24.4 Å². The Kier molecular flexibility index (Phi) is 6.09. The Morgan fingerprint density at radius 2 is 1.97 bits per heavy atom. The van der Waals surface area contributed by atoms with Gasteiger partial charge >= 0.3 is 5.97 Å². The topological polar surface area (TPSA) is 134 Å². The molecule has 1 aliphatic heterocycles. The lowest BCUT2D eigenvalue weighted by Crippen LogP contribution is -2.37. The van der Waals surface area contributed by atoms with E-state index in [-0.39, 0.29) is 17.8 Å². The van der Waals surface area contributed by atoms with Crippen molar-refractivity contribution in [3.8, 4) is 17.0 Å². The maximum Gasteiger partial charge on any atom is 0.322 e. The van der Waals surface area contributed by atoms with Gasteiger partial charge in [0.1, 0.15) is 29.5 Å². The van der Waals surface area contributed by atoms with Crippen molar-refractivity contribution in [2.45, 2.75) is 18.1 Å². The highest BCUT2D eigenvalue weighted by Crippen LogP contribution is 2.36. The summed E-state index contributed by atoms with van der Waals surface area (Å²) in [5, 5.41) is 21.3. The van der Waals surface area contributed by atoms with E-state index in [0.717, 1.165) is 18.2 Å². The Bertz CT molecular complexity index is 1330. The molecule has 0 radical (unpaired) electrons. The van der Waals surface area contributed by atoms with Gasteiger partial charge in [-0.2, -0.15) is 11.8 Å². The Hall–Kier alpha value is -3.80. The molecule has 1 aromatic carbocycles. The number of hydrogen-bond acceptors (Lipinski definition) is 7. The molecule has 12 heteroatoms. The van der Waals surface area contributed by atoms with Crippen molar-refractivity contribution < 1.29 is 28.6 Å². The highest BCUT2D eigenvalue weighted by molar-refractivity contribution is 7.98. The summed E-state index contributed by atoms with van der Waals surface area (Å²) in [6, 6.07) is 2.96. The van der Waals surface area contributed by atoms with Crippen molar-refractivity contribution >= 4 is 23.6 Å². The van der Waals surface area contributed by atoms with E-state index in [1.807, 2.05) is 0 Å². The van der Waals surface area contributed by atoms with Gasteiger partial charge in [-0.15, -0.1) is 0 Å². The molecule has 0 spiro atoms. The van der Waals surface area contributed by atoms with E-state index in [2.05, 4.69) is 15.3 Å². The summed E-state index contributed by atoms with van der Waals surface area (Å²) >= 11 is 1.43. The maximum absolute atomic E-state index is 14.0. The summed E-state index contributed by atoms with van der Waals surface area (Å²) in [5.74, 6) is -3.29. The van der Waals surface area contributed by atoms with Crippen LogP contribution in [-0.2, 0) is 22.8 Å². The number of carbonyl (C=O) groups is 2. The van der Waals surface area contributed by atoms with Gasteiger partial charge in [0.05, 0.1) is 30.3 Å². The Balaban J connectivity index is 1.70. The van der Waals surface area contributed by atoms with Crippen LogP contribution in [0.15, 0.2) is 35.4 Å². The summed E-state index contributed by atoms with van der Waals surface area (Å²) in [4.78, 5) is 44.5. The molecular formula is C21H16F2N4O5S. The number of nitrogens with one attached hydrogen (secondary N) is 1. The van der Waals surface area contributed by atoms with E-state index >= 15 is 0 Å². The van der Waals surface area contributed by atoms with Crippen molar-refractivity contribution in [3.05, 3.63) is 75.1 Å². The number of carboxylic acid groups (broad SMARTS) is 1. The Morgan fingerprint density at radius 3 is 2.67 bits per heavy atom. The number of aromatic nitrogens is 3. The fraction of sp³-hybridized carbons (Fsp3) is 0.190. The second kappa shape index (κ2) is 8.98. The van der Waals surface area contributed by atoms with E-state index in [1.165, 1.54) is 28.7 Å². The predicted octanol–water partition coefficient (Wildman–Crippen LogP) is 1.90. The number of fused-ring (bicyclic) bond motifs is 1. The minimum absolute atomic E-state index is 0.0643. The van der Waals surface area contributed by atoms with Gasteiger partial charge in [-0.25, -0.2) is 8.78 Å². The number of halogens is 2. The molecule has 170 valence electrons. The Morgan fingerprint density at radius 1 is 1.18 bits per heavy atom. The molecule has 33 heavy (non-hydrogen) atoms. The molecule has 0 aliphatic carbocycles. The van der Waals surface area contributed by atoms with E-state index in [1.54, 1.807) is 0 Å². The molecule has 9 nitrogen and oxygen atoms in total. The van der Waals surface area contributed by atoms with E-state index in [9.17, 15) is 28.3 Å². The minimum atomic E-state index is -1.30. The molecule has 0 saturated carbocycles. The van der Waals surface area contributed by atoms with Crippen LogP contribution >= 0.6 is 11.8 Å². The van der Waals surface area contributed by atoms with Gasteiger partial charge in [0.25, 0.3) is 11.5 Å². The molecule has 0 bridgehead atoms. The highest BCUT2D eigenvalue weighted by Gasteiger charge is 2.29. The second-order valence-corrected chi connectivity index (χ2v) is 8.11. The van der Waals surface area contributed by atoms with Crippen molar-refractivity contribution in [1.29, 1.82) is 0 Å². The number of rotatable bonds is 6. The number of carboxylic acids is 1. The average Bonchev–Trinajstić information content (AvgIpc) is 3.28. The zero-order valence-corrected chi connectivity index (χ0v) is 17.7. The first-order valence-corrected chi connectivity index (χ1v) is 10.7. The number of pyridine rings is 1. The predicted molar refractivity (Wildman–Crippen MR) is 114 cm³/mol. The summed E-state index contributed by atoms with van der Waals surface area (Å²) < 4.78 is 28.7. The van der Waals surface area contributed by atoms with Crippen LogP contribution in [-0.4, -0.2) is 43.2 Å². The number of amides is 1. The lowest BCUT2D eigenvalue weighted by molar-refractivity contribution is -0.135. The molecule has 3 heterocycles. The van der Waals surface area contributed by atoms with Gasteiger partial charge in [-0.05, 0) is 18.2 Å². The first-order chi connectivity index (χ1) is 15.8. The highest BCUT2D eigenvalue weighted by atomic mass is 32.2. The van der Waals surface area contributed by atoms with E-state index < -0.39 is 46.9 Å². The van der Waals surface area contributed by atoms with Crippen LogP contribution in [0.2, 0.25) is 0 Å². The average molecular weight is 474 g/mol. The number of benzene rings is 1. The third kappa shape index (κ3) is 4.42. The van der Waals surface area contributed by atoms with Crippen LogP contribution in [0, 0.1) is 11.6 Å².